The number of halogens is 3. The maximum Gasteiger partial charge on any atom is 0.434 e. The molecule has 5 nitrogen and oxygen atoms in total. The fraction of sp³-hybridized carbons (Fsp3) is 0.714. The van der Waals surface area contributed by atoms with Gasteiger partial charge in [-0.1, -0.05) is 0 Å². The number of rotatable bonds is 2. The van der Waals surface area contributed by atoms with Crippen LogP contribution in [-0.2, 0) is 15.7 Å². The molecule has 0 N–H and O–H groups in total. The lowest BCUT2D eigenvalue weighted by molar-refractivity contribution is -0.141. The van der Waals surface area contributed by atoms with Crippen LogP contribution in [-0.4, -0.2) is 55.2 Å². The SMILES string of the molecule is O=C(C1CCCN(c2nc(C(F)(F)F)cs2)C1)N1CCOCC1. The Labute approximate surface area is 136 Å². The van der Waals surface area contributed by atoms with E-state index in [1.165, 1.54) is 0 Å². The van der Waals surface area contributed by atoms with Crippen molar-refractivity contribution >= 4 is 22.4 Å². The summed E-state index contributed by atoms with van der Waals surface area (Å²) in [6.07, 6.45) is -2.88. The maximum absolute atomic E-state index is 12.7. The van der Waals surface area contributed by atoms with E-state index in [4.69, 9.17) is 4.74 Å². The average molecular weight is 349 g/mol. The first-order valence-electron chi connectivity index (χ1n) is 7.59. The van der Waals surface area contributed by atoms with Crippen molar-refractivity contribution < 1.29 is 22.7 Å². The van der Waals surface area contributed by atoms with Crippen molar-refractivity contribution in [2.75, 3.05) is 44.3 Å². The second-order valence-corrected chi connectivity index (χ2v) is 6.57. The van der Waals surface area contributed by atoms with E-state index in [0.29, 0.717) is 44.5 Å². The first kappa shape index (κ1) is 16.5. The van der Waals surface area contributed by atoms with Crippen LogP contribution < -0.4 is 4.90 Å². The Morgan fingerprint density at radius 2 is 2.04 bits per heavy atom. The summed E-state index contributed by atoms with van der Waals surface area (Å²) in [4.78, 5) is 19.8. The molecule has 2 saturated heterocycles. The minimum atomic E-state index is -4.42. The molecule has 1 amide bonds. The van der Waals surface area contributed by atoms with Crippen LogP contribution in [0.4, 0.5) is 18.3 Å². The standard InChI is InChI=1S/C14H18F3N3O2S/c15-14(16,17)11-9-23-13(18-11)20-3-1-2-10(8-20)12(21)19-4-6-22-7-5-19/h9-10H,1-8H2. The molecular weight excluding hydrogens is 331 g/mol. The molecule has 0 spiro atoms. The van der Waals surface area contributed by atoms with Gasteiger partial charge in [0, 0.05) is 31.6 Å². The van der Waals surface area contributed by atoms with Gasteiger partial charge >= 0.3 is 6.18 Å². The number of nitrogens with zero attached hydrogens (tertiary/aromatic N) is 3. The number of carbonyl (C=O) groups is 1. The van der Waals surface area contributed by atoms with E-state index in [-0.39, 0.29) is 11.8 Å². The molecule has 3 rings (SSSR count). The predicted octanol–water partition coefficient (Wildman–Crippen LogP) is 2.24. The zero-order chi connectivity index (χ0) is 16.4. The molecule has 2 aliphatic heterocycles. The second-order valence-electron chi connectivity index (χ2n) is 5.74. The summed E-state index contributed by atoms with van der Waals surface area (Å²) in [6, 6.07) is 0. The van der Waals surface area contributed by atoms with Gasteiger partial charge < -0.3 is 14.5 Å². The molecule has 2 aliphatic rings. The van der Waals surface area contributed by atoms with Crippen molar-refractivity contribution in [3.05, 3.63) is 11.1 Å². The molecule has 0 radical (unpaired) electrons. The van der Waals surface area contributed by atoms with E-state index >= 15 is 0 Å². The highest BCUT2D eigenvalue weighted by Crippen LogP contribution is 2.34. The van der Waals surface area contributed by atoms with Gasteiger partial charge in [0.1, 0.15) is 0 Å². The third-order valence-electron chi connectivity index (χ3n) is 4.15. The van der Waals surface area contributed by atoms with E-state index in [1.807, 2.05) is 0 Å². The van der Waals surface area contributed by atoms with E-state index in [0.717, 1.165) is 29.6 Å². The number of thiazole rings is 1. The Hall–Kier alpha value is -1.35. The summed E-state index contributed by atoms with van der Waals surface area (Å²) in [5.41, 5.74) is -0.862. The van der Waals surface area contributed by atoms with E-state index in [2.05, 4.69) is 4.98 Å². The minimum absolute atomic E-state index is 0.0746. The highest BCUT2D eigenvalue weighted by Gasteiger charge is 2.36. The van der Waals surface area contributed by atoms with Gasteiger partial charge in [0.25, 0.3) is 0 Å². The quantitative estimate of drug-likeness (QED) is 0.822. The summed E-state index contributed by atoms with van der Waals surface area (Å²) in [5, 5.41) is 1.37. The number of alkyl halides is 3. The number of carbonyl (C=O) groups excluding carboxylic acids is 1. The lowest BCUT2D eigenvalue weighted by atomic mass is 9.96. The van der Waals surface area contributed by atoms with Crippen molar-refractivity contribution in [2.45, 2.75) is 19.0 Å². The van der Waals surface area contributed by atoms with Gasteiger partial charge in [0.15, 0.2) is 10.8 Å². The Balaban J connectivity index is 1.66. The number of amides is 1. The van der Waals surface area contributed by atoms with E-state index in [1.54, 1.807) is 9.80 Å². The van der Waals surface area contributed by atoms with Gasteiger partial charge in [-0.2, -0.15) is 13.2 Å². The highest BCUT2D eigenvalue weighted by atomic mass is 32.1. The molecule has 0 aliphatic carbocycles. The molecule has 0 aromatic carbocycles. The molecule has 2 fully saturated rings. The number of piperidine rings is 1. The van der Waals surface area contributed by atoms with Gasteiger partial charge in [0.05, 0.1) is 19.1 Å². The van der Waals surface area contributed by atoms with Crippen LogP contribution in [0, 0.1) is 5.92 Å². The lowest BCUT2D eigenvalue weighted by Crippen LogP contribution is -2.48. The van der Waals surface area contributed by atoms with Gasteiger partial charge in [-0.05, 0) is 12.8 Å². The Bertz CT molecular complexity index is 558. The smallest absolute Gasteiger partial charge is 0.378 e. The van der Waals surface area contributed by atoms with Crippen molar-refractivity contribution in [3.63, 3.8) is 0 Å². The largest absolute Gasteiger partial charge is 0.434 e. The molecule has 1 unspecified atom stereocenters. The summed E-state index contributed by atoms with van der Waals surface area (Å²) in [7, 11) is 0. The zero-order valence-corrected chi connectivity index (χ0v) is 13.3. The fourth-order valence-corrected chi connectivity index (χ4v) is 3.80. The first-order valence-corrected chi connectivity index (χ1v) is 8.47. The molecule has 3 heterocycles. The first-order chi connectivity index (χ1) is 10.9. The second kappa shape index (κ2) is 6.64. The fourth-order valence-electron chi connectivity index (χ4n) is 2.93. The molecule has 128 valence electrons. The summed E-state index contributed by atoms with van der Waals surface area (Å²) in [6.45, 7) is 3.33. The van der Waals surface area contributed by atoms with Crippen LogP contribution in [0.1, 0.15) is 18.5 Å². The third kappa shape index (κ3) is 3.77. The highest BCUT2D eigenvalue weighted by molar-refractivity contribution is 7.13. The van der Waals surface area contributed by atoms with E-state index < -0.39 is 11.9 Å². The Morgan fingerprint density at radius 1 is 1.30 bits per heavy atom. The monoisotopic (exact) mass is 349 g/mol. The molecular formula is C14H18F3N3O2S. The number of ether oxygens (including phenoxy) is 1. The molecule has 9 heteroatoms. The van der Waals surface area contributed by atoms with Crippen molar-refractivity contribution in [1.82, 2.24) is 9.88 Å². The molecule has 1 aromatic heterocycles. The number of morpholine rings is 1. The topological polar surface area (TPSA) is 45.7 Å². The van der Waals surface area contributed by atoms with Crippen molar-refractivity contribution in [3.8, 4) is 0 Å². The molecule has 0 bridgehead atoms. The van der Waals surface area contributed by atoms with Gasteiger partial charge in [0.2, 0.25) is 5.91 Å². The minimum Gasteiger partial charge on any atom is -0.378 e. The molecule has 1 atom stereocenters. The van der Waals surface area contributed by atoms with Crippen LogP contribution in [0.25, 0.3) is 0 Å². The summed E-state index contributed by atoms with van der Waals surface area (Å²) in [5.74, 6) is -0.106. The Kier molecular flexibility index (Phi) is 4.77. The average Bonchev–Trinajstić information content (AvgIpc) is 3.05. The van der Waals surface area contributed by atoms with Gasteiger partial charge in [-0.15, -0.1) is 11.3 Å². The predicted molar refractivity (Wildman–Crippen MR) is 79.5 cm³/mol. The molecule has 0 saturated carbocycles. The normalized spacial score (nSPS) is 23.2. The Morgan fingerprint density at radius 3 is 2.70 bits per heavy atom. The van der Waals surface area contributed by atoms with Gasteiger partial charge in [-0.25, -0.2) is 4.98 Å². The number of aromatic nitrogens is 1. The summed E-state index contributed by atoms with van der Waals surface area (Å²) >= 11 is 0.982. The number of anilines is 1. The van der Waals surface area contributed by atoms with E-state index in [9.17, 15) is 18.0 Å². The molecule has 1 aromatic rings. The number of hydrogen-bond acceptors (Lipinski definition) is 5. The third-order valence-corrected chi connectivity index (χ3v) is 5.05. The van der Waals surface area contributed by atoms with Crippen LogP contribution in [0.15, 0.2) is 5.38 Å². The lowest BCUT2D eigenvalue weighted by Gasteiger charge is -2.36. The van der Waals surface area contributed by atoms with Gasteiger partial charge in [-0.3, -0.25) is 4.79 Å². The van der Waals surface area contributed by atoms with Crippen LogP contribution >= 0.6 is 11.3 Å². The van der Waals surface area contributed by atoms with Crippen molar-refractivity contribution in [2.24, 2.45) is 5.92 Å². The molecule has 23 heavy (non-hydrogen) atoms. The summed E-state index contributed by atoms with van der Waals surface area (Å²) < 4.78 is 43.3. The zero-order valence-electron chi connectivity index (χ0n) is 12.5. The number of hydrogen-bond donors (Lipinski definition) is 0. The van der Waals surface area contributed by atoms with Crippen LogP contribution in [0.3, 0.4) is 0 Å². The van der Waals surface area contributed by atoms with Crippen LogP contribution in [0.2, 0.25) is 0 Å². The van der Waals surface area contributed by atoms with Crippen LogP contribution in [0.5, 0.6) is 0 Å². The maximum atomic E-state index is 12.7. The van der Waals surface area contributed by atoms with Crippen molar-refractivity contribution in [1.29, 1.82) is 0 Å².